The van der Waals surface area contributed by atoms with Gasteiger partial charge in [-0.25, -0.2) is 28.1 Å². The van der Waals surface area contributed by atoms with E-state index in [4.69, 9.17) is 0 Å². The number of nitriles is 1. The fourth-order valence-corrected chi connectivity index (χ4v) is 5.33. The van der Waals surface area contributed by atoms with Crippen LogP contribution in [-0.2, 0) is 10.0 Å². The third-order valence-corrected chi connectivity index (χ3v) is 7.91. The molecule has 2 fully saturated rings. The van der Waals surface area contributed by atoms with E-state index in [9.17, 15) is 13.7 Å². The Morgan fingerprint density at radius 3 is 2.47 bits per heavy atom. The van der Waals surface area contributed by atoms with Gasteiger partial charge in [-0.1, -0.05) is 6.08 Å². The van der Waals surface area contributed by atoms with Crippen molar-refractivity contribution in [3.8, 4) is 17.6 Å². The van der Waals surface area contributed by atoms with Crippen molar-refractivity contribution in [2.24, 2.45) is 0 Å². The predicted octanol–water partition coefficient (Wildman–Crippen LogP) is 3.48. The van der Waals surface area contributed by atoms with Crippen molar-refractivity contribution in [3.63, 3.8) is 0 Å². The van der Waals surface area contributed by atoms with Crippen molar-refractivity contribution in [3.05, 3.63) is 54.0 Å². The molecule has 8 nitrogen and oxygen atoms in total. The van der Waals surface area contributed by atoms with Crippen molar-refractivity contribution < 1.29 is 8.42 Å². The molecule has 0 amide bonds. The van der Waals surface area contributed by atoms with Crippen LogP contribution in [0, 0.1) is 11.3 Å². The molecular formula is C23H20N6O2S. The number of hydrogen-bond acceptors (Lipinski definition) is 6. The Hall–Kier alpha value is -3.35. The molecule has 3 aromatic heterocycles. The summed E-state index contributed by atoms with van der Waals surface area (Å²) in [7, 11) is -3.70. The van der Waals surface area contributed by atoms with Crippen LogP contribution in [0.5, 0.6) is 0 Å². The van der Waals surface area contributed by atoms with E-state index in [0.717, 1.165) is 42.3 Å². The number of nitrogens with zero attached hydrogens (tertiary/aromatic N) is 5. The van der Waals surface area contributed by atoms with E-state index in [1.807, 2.05) is 42.0 Å². The van der Waals surface area contributed by atoms with Crippen molar-refractivity contribution in [2.75, 3.05) is 0 Å². The number of rotatable bonds is 6. The van der Waals surface area contributed by atoms with Crippen LogP contribution in [-0.4, -0.2) is 33.5 Å². The minimum atomic E-state index is -3.70. The summed E-state index contributed by atoms with van der Waals surface area (Å²) < 4.78 is 29.9. The number of allylic oxidation sites excluding steroid dienone is 4. The Morgan fingerprint density at radius 2 is 1.91 bits per heavy atom. The standard InChI is InChI=1S/C23H20N6O2S/c1-23(7-8-23)28-32(30,31)17-12-25-21(26-13-17)20-19(10-24)18-9-15(14-5-6-14)11-27-22(18)29(20)16-3-2-4-16/h2-4,9,11-14,28H,5-8H2,1H3. The minimum Gasteiger partial charge on any atom is -0.290 e. The zero-order valence-corrected chi connectivity index (χ0v) is 18.2. The van der Waals surface area contributed by atoms with Crippen LogP contribution in [0.4, 0.5) is 0 Å². The minimum absolute atomic E-state index is 0.00689. The zero-order valence-electron chi connectivity index (χ0n) is 17.4. The molecule has 0 spiro atoms. The summed E-state index contributed by atoms with van der Waals surface area (Å²) in [4.78, 5) is 13.4. The first-order chi connectivity index (χ1) is 15.4. The van der Waals surface area contributed by atoms with Gasteiger partial charge >= 0.3 is 0 Å². The third-order valence-electron chi connectivity index (χ3n) is 6.31. The summed E-state index contributed by atoms with van der Waals surface area (Å²) in [5.41, 5.74) is 3.26. The van der Waals surface area contributed by atoms with Gasteiger partial charge in [0.1, 0.15) is 22.3 Å². The van der Waals surface area contributed by atoms with Crippen molar-refractivity contribution in [2.45, 2.75) is 49.0 Å². The van der Waals surface area contributed by atoms with Gasteiger partial charge in [-0.3, -0.25) is 4.57 Å². The summed E-state index contributed by atoms with van der Waals surface area (Å²) in [6, 6.07) is 4.35. The Balaban J connectivity index is 1.49. The van der Waals surface area contributed by atoms with Crippen molar-refractivity contribution in [1.29, 1.82) is 5.26 Å². The highest BCUT2D eigenvalue weighted by Gasteiger charge is 2.41. The molecule has 0 saturated heterocycles. The van der Waals surface area contributed by atoms with Crippen LogP contribution < -0.4 is 4.72 Å². The van der Waals surface area contributed by atoms with Crippen LogP contribution in [0.15, 0.2) is 47.8 Å². The number of fused-ring (bicyclic) bond motifs is 1. The van der Waals surface area contributed by atoms with Crippen LogP contribution in [0.25, 0.3) is 28.2 Å². The SMILES string of the molecule is CC1(NS(=O)(=O)c2cnc(-c3c(C#N)c4cc(C5CC5)cnc4n3C3=CC=C3)nc2)CC1. The molecule has 0 unspecified atom stereocenters. The van der Waals surface area contributed by atoms with Gasteiger partial charge in [0, 0.05) is 22.8 Å². The zero-order chi connectivity index (χ0) is 22.1. The van der Waals surface area contributed by atoms with E-state index < -0.39 is 10.0 Å². The number of sulfonamides is 1. The molecule has 3 aliphatic carbocycles. The highest BCUT2D eigenvalue weighted by atomic mass is 32.2. The maximum absolute atomic E-state index is 12.7. The molecular weight excluding hydrogens is 424 g/mol. The maximum Gasteiger partial charge on any atom is 0.244 e. The van der Waals surface area contributed by atoms with Gasteiger partial charge in [-0.2, -0.15) is 5.26 Å². The van der Waals surface area contributed by atoms with E-state index >= 15 is 0 Å². The number of aromatic nitrogens is 4. The summed E-state index contributed by atoms with van der Waals surface area (Å²) in [6.07, 6.45) is 14.2. The molecule has 32 heavy (non-hydrogen) atoms. The molecule has 160 valence electrons. The fourth-order valence-electron chi connectivity index (χ4n) is 3.98. The second kappa shape index (κ2) is 6.58. The van der Waals surface area contributed by atoms with Crippen molar-refractivity contribution >= 4 is 26.8 Å². The molecule has 0 bridgehead atoms. The van der Waals surface area contributed by atoms with Gasteiger partial charge < -0.3 is 0 Å². The summed E-state index contributed by atoms with van der Waals surface area (Å²) >= 11 is 0. The van der Waals surface area contributed by atoms with E-state index in [0.29, 0.717) is 22.8 Å². The number of pyridine rings is 1. The normalized spacial score (nSPS) is 18.8. The molecule has 3 heterocycles. The second-order valence-corrected chi connectivity index (χ2v) is 10.6. The first kappa shape index (κ1) is 19.3. The Labute approximate surface area is 185 Å². The van der Waals surface area contributed by atoms with Crippen LogP contribution in [0.1, 0.15) is 49.7 Å². The van der Waals surface area contributed by atoms with E-state index in [1.54, 1.807) is 0 Å². The second-order valence-electron chi connectivity index (χ2n) is 8.94. The molecule has 9 heteroatoms. The largest absolute Gasteiger partial charge is 0.290 e. The summed E-state index contributed by atoms with van der Waals surface area (Å²) in [5, 5.41) is 10.8. The van der Waals surface area contributed by atoms with Crippen LogP contribution in [0.3, 0.4) is 0 Å². The lowest BCUT2D eigenvalue weighted by molar-refractivity contribution is 0.557. The summed E-state index contributed by atoms with van der Waals surface area (Å²) in [5.74, 6) is 0.792. The molecule has 1 N–H and O–H groups in total. The molecule has 0 radical (unpaired) electrons. The van der Waals surface area contributed by atoms with E-state index in [-0.39, 0.29) is 16.3 Å². The average molecular weight is 445 g/mol. The fraction of sp³-hybridized carbons (Fsp3) is 0.304. The van der Waals surface area contributed by atoms with Gasteiger partial charge in [0.25, 0.3) is 0 Å². The molecule has 0 aliphatic heterocycles. The number of nitrogens with one attached hydrogen (secondary N) is 1. The topological polar surface area (TPSA) is 114 Å². The lowest BCUT2D eigenvalue weighted by Crippen LogP contribution is -2.34. The average Bonchev–Trinajstić information content (AvgIpc) is 3.66. The van der Waals surface area contributed by atoms with Gasteiger partial charge in [0.15, 0.2) is 5.82 Å². The highest BCUT2D eigenvalue weighted by molar-refractivity contribution is 7.89. The Bertz CT molecular complexity index is 1480. The van der Waals surface area contributed by atoms with Gasteiger partial charge in [0.2, 0.25) is 10.0 Å². The molecule has 3 aliphatic rings. The molecule has 0 aromatic carbocycles. The third kappa shape index (κ3) is 3.06. The van der Waals surface area contributed by atoms with Gasteiger partial charge in [-0.15, -0.1) is 0 Å². The predicted molar refractivity (Wildman–Crippen MR) is 119 cm³/mol. The Morgan fingerprint density at radius 1 is 1.19 bits per heavy atom. The van der Waals surface area contributed by atoms with Crippen LogP contribution in [0.2, 0.25) is 0 Å². The molecule has 6 rings (SSSR count). The first-order valence-corrected chi connectivity index (χ1v) is 12.1. The molecule has 3 aromatic rings. The molecule has 0 atom stereocenters. The van der Waals surface area contributed by atoms with Crippen molar-refractivity contribution in [1.82, 2.24) is 24.2 Å². The smallest absolute Gasteiger partial charge is 0.244 e. The number of hydrogen-bond donors (Lipinski definition) is 1. The maximum atomic E-state index is 12.7. The lowest BCUT2D eigenvalue weighted by atomic mass is 10.1. The summed E-state index contributed by atoms with van der Waals surface area (Å²) in [6.45, 7) is 1.88. The van der Waals surface area contributed by atoms with Gasteiger partial charge in [-0.05, 0) is 62.3 Å². The quantitative estimate of drug-likeness (QED) is 0.623. The highest BCUT2D eigenvalue weighted by Crippen LogP contribution is 2.42. The Kier molecular flexibility index (Phi) is 3.97. The van der Waals surface area contributed by atoms with Gasteiger partial charge in [0.05, 0.1) is 18.0 Å². The van der Waals surface area contributed by atoms with E-state index in [2.05, 4.69) is 25.7 Å². The first-order valence-electron chi connectivity index (χ1n) is 10.6. The van der Waals surface area contributed by atoms with E-state index in [1.165, 1.54) is 12.4 Å². The monoisotopic (exact) mass is 444 g/mol. The molecule has 2 saturated carbocycles. The van der Waals surface area contributed by atoms with Crippen LogP contribution >= 0.6 is 0 Å². The lowest BCUT2D eigenvalue weighted by Gasteiger charge is -2.14.